The molecule has 0 amide bonds. The van der Waals surface area contributed by atoms with E-state index in [1.807, 2.05) is 11.3 Å². The maximum atomic E-state index is 3.51. The molecule has 2 nitrogen and oxygen atoms in total. The second-order valence-electron chi connectivity index (χ2n) is 5.56. The smallest absolute Gasteiger partial charge is 0.0333 e. The Bertz CT molecular complexity index is 334. The first kappa shape index (κ1) is 14.0. The molecule has 1 aromatic heterocycles. The van der Waals surface area contributed by atoms with E-state index in [0.29, 0.717) is 6.04 Å². The van der Waals surface area contributed by atoms with E-state index < -0.39 is 0 Å². The summed E-state index contributed by atoms with van der Waals surface area (Å²) in [5.74, 6) is 0.854. The van der Waals surface area contributed by atoms with Crippen LogP contribution in [0.2, 0.25) is 0 Å². The van der Waals surface area contributed by atoms with Crippen molar-refractivity contribution >= 4 is 11.3 Å². The van der Waals surface area contributed by atoms with Crippen molar-refractivity contribution < 1.29 is 0 Å². The van der Waals surface area contributed by atoms with Crippen molar-refractivity contribution in [2.24, 2.45) is 5.92 Å². The van der Waals surface area contributed by atoms with Gasteiger partial charge in [-0.25, -0.2) is 0 Å². The average Bonchev–Trinajstić information content (AvgIpc) is 2.80. The van der Waals surface area contributed by atoms with Crippen molar-refractivity contribution in [2.45, 2.75) is 52.2 Å². The largest absolute Gasteiger partial charge is 0.317 e. The van der Waals surface area contributed by atoms with Crippen LogP contribution < -0.4 is 5.32 Å². The van der Waals surface area contributed by atoms with E-state index in [4.69, 9.17) is 0 Å². The molecule has 0 spiro atoms. The summed E-state index contributed by atoms with van der Waals surface area (Å²) in [5.41, 5.74) is 0. The van der Waals surface area contributed by atoms with Crippen molar-refractivity contribution in [2.75, 3.05) is 13.1 Å². The molecule has 1 aliphatic rings. The first-order chi connectivity index (χ1) is 8.72. The van der Waals surface area contributed by atoms with Crippen molar-refractivity contribution in [3.63, 3.8) is 0 Å². The van der Waals surface area contributed by atoms with Gasteiger partial charge in [-0.2, -0.15) is 0 Å². The summed E-state index contributed by atoms with van der Waals surface area (Å²) in [4.78, 5) is 4.19. The number of nitrogens with zero attached hydrogens (tertiary/aromatic N) is 1. The number of thiophene rings is 1. The van der Waals surface area contributed by atoms with Gasteiger partial charge in [0.2, 0.25) is 0 Å². The van der Waals surface area contributed by atoms with Crippen molar-refractivity contribution in [1.29, 1.82) is 0 Å². The van der Waals surface area contributed by atoms with Crippen LogP contribution in [-0.2, 0) is 6.54 Å². The molecule has 1 aliphatic carbocycles. The van der Waals surface area contributed by atoms with Gasteiger partial charge >= 0.3 is 0 Å². The normalized spacial score (nSPS) is 23.6. The van der Waals surface area contributed by atoms with Crippen molar-refractivity contribution in [3.8, 4) is 0 Å². The maximum absolute atomic E-state index is 3.51. The fourth-order valence-electron chi connectivity index (χ4n) is 2.82. The molecule has 1 N–H and O–H groups in total. The molecule has 18 heavy (non-hydrogen) atoms. The van der Waals surface area contributed by atoms with Gasteiger partial charge in [0.05, 0.1) is 0 Å². The van der Waals surface area contributed by atoms with E-state index in [0.717, 1.165) is 25.0 Å². The maximum Gasteiger partial charge on any atom is 0.0333 e. The first-order valence-corrected chi connectivity index (χ1v) is 8.09. The summed E-state index contributed by atoms with van der Waals surface area (Å²) < 4.78 is 0. The third-order valence-corrected chi connectivity index (χ3v) is 4.90. The molecule has 1 heterocycles. The molecule has 1 saturated carbocycles. The molecule has 3 heteroatoms. The molecular weight excluding hydrogens is 240 g/mol. The quantitative estimate of drug-likeness (QED) is 0.814. The zero-order chi connectivity index (χ0) is 13.0. The van der Waals surface area contributed by atoms with Gasteiger partial charge in [-0.3, -0.25) is 4.90 Å². The molecule has 102 valence electrons. The standard InChI is InChI=1S/C15H26N2S/c1-4-16-10-13-7-8-15(13)17(12(2)3)11-14-6-5-9-18-14/h5-6,9,12-13,15-16H,4,7-8,10-11H2,1-3H3. The Morgan fingerprint density at radius 3 is 2.78 bits per heavy atom. The van der Waals surface area contributed by atoms with Crippen molar-refractivity contribution in [3.05, 3.63) is 22.4 Å². The van der Waals surface area contributed by atoms with Crippen LogP contribution in [0, 0.1) is 5.92 Å². The number of nitrogens with one attached hydrogen (secondary N) is 1. The van der Waals surface area contributed by atoms with E-state index in [1.165, 1.54) is 24.3 Å². The minimum absolute atomic E-state index is 0.640. The molecule has 1 fully saturated rings. The fourth-order valence-corrected chi connectivity index (χ4v) is 3.53. The lowest BCUT2D eigenvalue weighted by molar-refractivity contribution is 0.0322. The summed E-state index contributed by atoms with van der Waals surface area (Å²) in [7, 11) is 0. The topological polar surface area (TPSA) is 15.3 Å². The van der Waals surface area contributed by atoms with E-state index in [9.17, 15) is 0 Å². The van der Waals surface area contributed by atoms with E-state index >= 15 is 0 Å². The van der Waals surface area contributed by atoms with Gasteiger partial charge in [0, 0.05) is 23.5 Å². The molecule has 2 atom stereocenters. The summed E-state index contributed by atoms with van der Waals surface area (Å²) >= 11 is 1.88. The first-order valence-electron chi connectivity index (χ1n) is 7.21. The van der Waals surface area contributed by atoms with Crippen LogP contribution in [-0.4, -0.2) is 30.1 Å². The zero-order valence-electron chi connectivity index (χ0n) is 11.9. The highest BCUT2D eigenvalue weighted by Crippen LogP contribution is 2.34. The monoisotopic (exact) mass is 266 g/mol. The fraction of sp³-hybridized carbons (Fsp3) is 0.733. The second-order valence-corrected chi connectivity index (χ2v) is 6.59. The summed E-state index contributed by atoms with van der Waals surface area (Å²) in [6, 6.07) is 5.85. The van der Waals surface area contributed by atoms with E-state index in [2.05, 4.69) is 48.5 Å². The highest BCUT2D eigenvalue weighted by molar-refractivity contribution is 7.09. The molecule has 1 aromatic rings. The van der Waals surface area contributed by atoms with E-state index in [1.54, 1.807) is 0 Å². The predicted octanol–water partition coefficient (Wildman–Crippen LogP) is 3.35. The van der Waals surface area contributed by atoms with Gasteiger partial charge in [-0.15, -0.1) is 11.3 Å². The van der Waals surface area contributed by atoms with Crippen LogP contribution >= 0.6 is 11.3 Å². The highest BCUT2D eigenvalue weighted by atomic mass is 32.1. The third-order valence-electron chi connectivity index (χ3n) is 4.04. The molecule has 0 aliphatic heterocycles. The summed E-state index contributed by atoms with van der Waals surface area (Å²) in [5, 5.41) is 5.69. The Morgan fingerprint density at radius 1 is 1.44 bits per heavy atom. The molecule has 0 bridgehead atoms. The number of rotatable bonds is 7. The summed E-state index contributed by atoms with van der Waals surface area (Å²) in [6.07, 6.45) is 2.77. The van der Waals surface area contributed by atoms with Gasteiger partial charge in [0.25, 0.3) is 0 Å². The molecule has 0 aromatic carbocycles. The SMILES string of the molecule is CCNCC1CCC1N(Cc1cccs1)C(C)C. The predicted molar refractivity (Wildman–Crippen MR) is 80.1 cm³/mol. The molecule has 2 unspecified atom stereocenters. The van der Waals surface area contributed by atoms with Crippen molar-refractivity contribution in [1.82, 2.24) is 10.2 Å². The Labute approximate surface area is 115 Å². The van der Waals surface area contributed by atoms with Crippen LogP contribution in [0.3, 0.4) is 0 Å². The molecule has 2 rings (SSSR count). The Hall–Kier alpha value is -0.380. The molecule has 0 saturated heterocycles. The Balaban J connectivity index is 1.93. The summed E-state index contributed by atoms with van der Waals surface area (Å²) in [6.45, 7) is 10.3. The van der Waals surface area contributed by atoms with Crippen LogP contribution in [0.15, 0.2) is 17.5 Å². The van der Waals surface area contributed by atoms with Crippen LogP contribution in [0.5, 0.6) is 0 Å². The lowest BCUT2D eigenvalue weighted by Gasteiger charge is -2.46. The number of hydrogen-bond donors (Lipinski definition) is 1. The van der Waals surface area contributed by atoms with Crippen LogP contribution in [0.25, 0.3) is 0 Å². The van der Waals surface area contributed by atoms with Crippen LogP contribution in [0.4, 0.5) is 0 Å². The zero-order valence-corrected chi connectivity index (χ0v) is 12.7. The van der Waals surface area contributed by atoms with Gasteiger partial charge in [0.1, 0.15) is 0 Å². The molecular formula is C15H26N2S. The minimum atomic E-state index is 0.640. The minimum Gasteiger partial charge on any atom is -0.317 e. The Kier molecular flexibility index (Phi) is 5.22. The van der Waals surface area contributed by atoms with Gasteiger partial charge in [0.15, 0.2) is 0 Å². The Morgan fingerprint density at radius 2 is 2.28 bits per heavy atom. The third kappa shape index (κ3) is 3.34. The lowest BCUT2D eigenvalue weighted by Crippen LogP contribution is -2.52. The highest BCUT2D eigenvalue weighted by Gasteiger charge is 2.36. The van der Waals surface area contributed by atoms with Gasteiger partial charge in [-0.1, -0.05) is 13.0 Å². The average molecular weight is 266 g/mol. The van der Waals surface area contributed by atoms with Gasteiger partial charge < -0.3 is 5.32 Å². The van der Waals surface area contributed by atoms with E-state index in [-0.39, 0.29) is 0 Å². The van der Waals surface area contributed by atoms with Gasteiger partial charge in [-0.05, 0) is 57.1 Å². The van der Waals surface area contributed by atoms with Crippen LogP contribution in [0.1, 0.15) is 38.5 Å². The molecule has 0 radical (unpaired) electrons. The lowest BCUT2D eigenvalue weighted by atomic mass is 9.77. The second kappa shape index (κ2) is 6.69. The number of hydrogen-bond acceptors (Lipinski definition) is 3.